The highest BCUT2D eigenvalue weighted by Crippen LogP contribution is 2.33. The van der Waals surface area contributed by atoms with E-state index in [-0.39, 0.29) is 17.2 Å². The molecule has 0 bridgehead atoms. The molecule has 180 valence electrons. The lowest BCUT2D eigenvalue weighted by Gasteiger charge is -2.34. The first-order chi connectivity index (χ1) is 16.3. The van der Waals surface area contributed by atoms with E-state index in [1.165, 1.54) is 9.80 Å². The van der Waals surface area contributed by atoms with Gasteiger partial charge in [-0.1, -0.05) is 39.0 Å². The molecule has 1 aliphatic rings. The Morgan fingerprint density at radius 3 is 2.62 bits per heavy atom. The Labute approximate surface area is 201 Å². The summed E-state index contributed by atoms with van der Waals surface area (Å²) in [5.74, 6) is -0.613. The van der Waals surface area contributed by atoms with Crippen molar-refractivity contribution in [3.8, 4) is 6.19 Å². The number of benzene rings is 1. The molecule has 1 aromatic carbocycles. The molecule has 1 N–H and O–H groups in total. The van der Waals surface area contributed by atoms with Gasteiger partial charge in [-0.15, -0.1) is 0 Å². The van der Waals surface area contributed by atoms with Crippen LogP contribution in [0.5, 0.6) is 0 Å². The number of likely N-dealkylation sites (tertiary alicyclic amines) is 1. The van der Waals surface area contributed by atoms with Crippen molar-refractivity contribution >= 4 is 17.5 Å². The van der Waals surface area contributed by atoms with Gasteiger partial charge < -0.3 is 10.1 Å². The van der Waals surface area contributed by atoms with Gasteiger partial charge in [-0.05, 0) is 42.0 Å². The number of anilines is 1. The van der Waals surface area contributed by atoms with Gasteiger partial charge in [-0.2, -0.15) is 5.26 Å². The molecule has 0 aliphatic carbocycles. The normalized spacial score (nSPS) is 16.6. The molecule has 2 atom stereocenters. The van der Waals surface area contributed by atoms with Crippen LogP contribution in [0.2, 0.25) is 0 Å². The van der Waals surface area contributed by atoms with E-state index in [0.717, 1.165) is 12.0 Å². The number of hydrogen-bond acceptors (Lipinski definition) is 6. The molecule has 1 unspecified atom stereocenters. The van der Waals surface area contributed by atoms with Crippen molar-refractivity contribution in [3.63, 3.8) is 0 Å². The summed E-state index contributed by atoms with van der Waals surface area (Å²) in [6.45, 7) is 7.55. The summed E-state index contributed by atoms with van der Waals surface area (Å²) in [5, 5.41) is 12.4. The number of amides is 2. The van der Waals surface area contributed by atoms with Gasteiger partial charge in [0.05, 0.1) is 6.61 Å². The second-order valence-corrected chi connectivity index (χ2v) is 9.43. The highest BCUT2D eigenvalue weighted by molar-refractivity contribution is 6.04. The van der Waals surface area contributed by atoms with Crippen LogP contribution >= 0.6 is 0 Å². The van der Waals surface area contributed by atoms with Crippen LogP contribution in [-0.4, -0.2) is 54.5 Å². The molecule has 1 aromatic heterocycles. The molecule has 1 saturated heterocycles. The second-order valence-electron chi connectivity index (χ2n) is 9.43. The Morgan fingerprint density at radius 1 is 1.29 bits per heavy atom. The van der Waals surface area contributed by atoms with Gasteiger partial charge in [0.25, 0.3) is 5.91 Å². The van der Waals surface area contributed by atoms with Gasteiger partial charge in [-0.3, -0.25) is 24.4 Å². The van der Waals surface area contributed by atoms with Crippen molar-refractivity contribution in [1.82, 2.24) is 15.2 Å². The molecular formula is C26H33N5O3. The quantitative estimate of drug-likeness (QED) is 0.477. The number of nitrogens with one attached hydrogen (secondary N) is 1. The summed E-state index contributed by atoms with van der Waals surface area (Å²) in [5.41, 5.74) is 2.24. The van der Waals surface area contributed by atoms with E-state index in [2.05, 4.69) is 37.3 Å². The number of rotatable bonds is 8. The van der Waals surface area contributed by atoms with Crippen LogP contribution in [0.15, 0.2) is 48.8 Å². The van der Waals surface area contributed by atoms with Crippen LogP contribution in [0, 0.1) is 11.5 Å². The van der Waals surface area contributed by atoms with Crippen LogP contribution in [0.4, 0.5) is 5.69 Å². The highest BCUT2D eigenvalue weighted by Gasteiger charge is 2.40. The molecule has 2 heterocycles. The van der Waals surface area contributed by atoms with E-state index in [1.54, 1.807) is 31.6 Å². The average Bonchev–Trinajstić information content (AvgIpc) is 3.31. The van der Waals surface area contributed by atoms with Gasteiger partial charge in [0.15, 0.2) is 6.19 Å². The number of nitriles is 1. The largest absolute Gasteiger partial charge is 0.383 e. The molecule has 0 radical (unpaired) electrons. The number of carbonyl (C=O) groups is 2. The third-order valence-corrected chi connectivity index (χ3v) is 6.03. The molecular weight excluding hydrogens is 430 g/mol. The number of methoxy groups -OCH3 is 1. The summed E-state index contributed by atoms with van der Waals surface area (Å²) in [4.78, 5) is 34.6. The molecule has 2 aromatic rings. The monoisotopic (exact) mass is 463 g/mol. The summed E-state index contributed by atoms with van der Waals surface area (Å²) in [6.07, 6.45) is 6.67. The number of aromatic nitrogens is 1. The maximum Gasteiger partial charge on any atom is 0.251 e. The van der Waals surface area contributed by atoms with E-state index in [9.17, 15) is 14.9 Å². The predicted molar refractivity (Wildman–Crippen MR) is 130 cm³/mol. The van der Waals surface area contributed by atoms with E-state index in [0.29, 0.717) is 37.4 Å². The molecule has 1 aliphatic heterocycles. The zero-order valence-electron chi connectivity index (χ0n) is 20.3. The minimum absolute atomic E-state index is 0.0588. The number of pyridine rings is 1. The second kappa shape index (κ2) is 11.1. The molecule has 1 fully saturated rings. The van der Waals surface area contributed by atoms with E-state index in [1.807, 2.05) is 24.3 Å². The maximum atomic E-state index is 14.0. The van der Waals surface area contributed by atoms with Gasteiger partial charge >= 0.3 is 0 Å². The third-order valence-electron chi connectivity index (χ3n) is 6.03. The molecule has 8 heteroatoms. The first kappa shape index (κ1) is 25.2. The predicted octanol–water partition coefficient (Wildman–Crippen LogP) is 3.16. The molecule has 0 spiro atoms. The van der Waals surface area contributed by atoms with Gasteiger partial charge in [0.2, 0.25) is 5.91 Å². The first-order valence-electron chi connectivity index (χ1n) is 11.5. The van der Waals surface area contributed by atoms with Gasteiger partial charge in [-0.25, -0.2) is 0 Å². The number of carbonyl (C=O) groups excluding carboxylic acids is 2. The fraction of sp³-hybridized carbons (Fsp3) is 0.462. The molecule has 8 nitrogen and oxygen atoms in total. The smallest absolute Gasteiger partial charge is 0.251 e. The Bertz CT molecular complexity index is 1010. The lowest BCUT2D eigenvalue weighted by molar-refractivity contribution is -0.128. The topological polar surface area (TPSA) is 98.6 Å². The molecule has 34 heavy (non-hydrogen) atoms. The SMILES string of the molecule is COCCNC(=O)C(c1cccnc1)N(C(=O)[C@H]1CCCN1C#N)c1ccc(C(C)(C)C)cc1. The summed E-state index contributed by atoms with van der Waals surface area (Å²) in [6, 6.07) is 9.68. The van der Waals surface area contributed by atoms with E-state index < -0.39 is 12.1 Å². The number of nitrogens with zero attached hydrogens (tertiary/aromatic N) is 4. The Morgan fingerprint density at radius 2 is 2.03 bits per heavy atom. The van der Waals surface area contributed by atoms with Crippen molar-refractivity contribution in [3.05, 3.63) is 59.9 Å². The molecule has 0 saturated carbocycles. The van der Waals surface area contributed by atoms with E-state index in [4.69, 9.17) is 4.74 Å². The van der Waals surface area contributed by atoms with Crippen molar-refractivity contribution in [2.45, 2.75) is 51.1 Å². The van der Waals surface area contributed by atoms with Crippen LogP contribution in [0.25, 0.3) is 0 Å². The Kier molecular flexibility index (Phi) is 8.24. The number of ether oxygens (including phenoxy) is 1. The maximum absolute atomic E-state index is 14.0. The third kappa shape index (κ3) is 5.72. The summed E-state index contributed by atoms with van der Waals surface area (Å²) < 4.78 is 5.07. The molecule has 2 amide bonds. The lowest BCUT2D eigenvalue weighted by atomic mass is 9.87. The van der Waals surface area contributed by atoms with Crippen molar-refractivity contribution in [2.24, 2.45) is 0 Å². The minimum Gasteiger partial charge on any atom is -0.383 e. The molecule has 3 rings (SSSR count). The standard InChI is InChI=1S/C26H33N5O3/c1-26(2,3)20-9-11-21(12-10-20)31(25(33)22-8-6-15-30(22)18-27)23(19-7-5-13-28-17-19)24(32)29-14-16-34-4/h5,7,9-13,17,22-23H,6,8,14-16H2,1-4H3,(H,29,32)/t22-,23?/m1/s1. The van der Waals surface area contributed by atoms with Gasteiger partial charge in [0.1, 0.15) is 12.1 Å². The number of hydrogen-bond donors (Lipinski definition) is 1. The highest BCUT2D eigenvalue weighted by atomic mass is 16.5. The van der Waals surface area contributed by atoms with E-state index >= 15 is 0 Å². The van der Waals surface area contributed by atoms with Crippen LogP contribution in [0.3, 0.4) is 0 Å². The fourth-order valence-corrected chi connectivity index (χ4v) is 4.16. The Balaban J connectivity index is 2.09. The van der Waals surface area contributed by atoms with Crippen molar-refractivity contribution in [1.29, 1.82) is 5.26 Å². The lowest BCUT2D eigenvalue weighted by Crippen LogP contribution is -2.50. The Hall–Kier alpha value is -3.44. The fourth-order valence-electron chi connectivity index (χ4n) is 4.16. The minimum atomic E-state index is -0.945. The average molecular weight is 464 g/mol. The van der Waals surface area contributed by atoms with Crippen molar-refractivity contribution in [2.75, 3.05) is 31.7 Å². The zero-order chi connectivity index (χ0) is 24.7. The van der Waals surface area contributed by atoms with Crippen LogP contribution in [0.1, 0.15) is 50.8 Å². The summed E-state index contributed by atoms with van der Waals surface area (Å²) >= 11 is 0. The van der Waals surface area contributed by atoms with Crippen molar-refractivity contribution < 1.29 is 14.3 Å². The van der Waals surface area contributed by atoms with Crippen LogP contribution < -0.4 is 10.2 Å². The van der Waals surface area contributed by atoms with Gasteiger partial charge in [0, 0.05) is 43.8 Å². The zero-order valence-corrected chi connectivity index (χ0v) is 20.3. The first-order valence-corrected chi connectivity index (χ1v) is 11.5. The summed E-state index contributed by atoms with van der Waals surface area (Å²) in [7, 11) is 1.56. The van der Waals surface area contributed by atoms with Crippen LogP contribution in [-0.2, 0) is 19.7 Å².